The Balaban J connectivity index is 1.55. The van der Waals surface area contributed by atoms with E-state index in [0.29, 0.717) is 23.4 Å². The Morgan fingerprint density at radius 2 is 1.70 bits per heavy atom. The summed E-state index contributed by atoms with van der Waals surface area (Å²) < 4.78 is 10.6. The van der Waals surface area contributed by atoms with E-state index in [1.807, 2.05) is 0 Å². The van der Waals surface area contributed by atoms with Gasteiger partial charge in [-0.05, 0) is 37.6 Å². The van der Waals surface area contributed by atoms with Gasteiger partial charge in [0.05, 0.1) is 18.1 Å². The second-order valence-electron chi connectivity index (χ2n) is 8.10. The molecule has 0 saturated carbocycles. The van der Waals surface area contributed by atoms with Crippen LogP contribution in [0.5, 0.6) is 0 Å². The number of amides is 1. The van der Waals surface area contributed by atoms with Crippen molar-refractivity contribution < 1.29 is 28.7 Å². The van der Waals surface area contributed by atoms with Crippen molar-refractivity contribution in [2.45, 2.75) is 45.6 Å². The third-order valence-electron chi connectivity index (χ3n) is 5.57. The van der Waals surface area contributed by atoms with Gasteiger partial charge >= 0.3 is 11.9 Å². The zero-order valence-electron chi connectivity index (χ0n) is 19.0. The van der Waals surface area contributed by atoms with E-state index < -0.39 is 24.0 Å². The largest absolute Gasteiger partial charge is 0.462 e. The number of rotatable bonds is 10. The molecule has 1 amide bonds. The molecule has 0 bridgehead atoms. The lowest BCUT2D eigenvalue weighted by Gasteiger charge is -2.18. The van der Waals surface area contributed by atoms with Crippen LogP contribution in [0.25, 0.3) is 0 Å². The summed E-state index contributed by atoms with van der Waals surface area (Å²) in [5.74, 6) is -2.14. The minimum Gasteiger partial charge on any atom is -0.462 e. The Bertz CT molecular complexity index is 986. The summed E-state index contributed by atoms with van der Waals surface area (Å²) in [5.41, 5.74) is 1.46. The van der Waals surface area contributed by atoms with Gasteiger partial charge in [-0.3, -0.25) is 14.4 Å². The molecule has 0 aromatic heterocycles. The molecule has 2 atom stereocenters. The molecule has 7 heteroatoms. The van der Waals surface area contributed by atoms with Gasteiger partial charge in [0.25, 0.3) is 0 Å². The molecule has 0 spiro atoms. The summed E-state index contributed by atoms with van der Waals surface area (Å²) in [4.78, 5) is 51.1. The Kier molecular flexibility index (Phi) is 8.35. The second-order valence-corrected chi connectivity index (χ2v) is 8.10. The number of nitrogens with zero attached hydrogens (tertiary/aromatic N) is 1. The van der Waals surface area contributed by atoms with Crippen LogP contribution in [0, 0.1) is 5.92 Å². The van der Waals surface area contributed by atoms with E-state index in [9.17, 15) is 19.2 Å². The van der Waals surface area contributed by atoms with Gasteiger partial charge in [-0.2, -0.15) is 0 Å². The Morgan fingerprint density at radius 3 is 2.36 bits per heavy atom. The molecule has 2 aromatic rings. The van der Waals surface area contributed by atoms with Crippen LogP contribution in [0.1, 0.15) is 60.2 Å². The quantitative estimate of drug-likeness (QED) is 0.306. The fourth-order valence-electron chi connectivity index (χ4n) is 3.65. The standard InChI is InChI=1S/C26H29NO6/c1-3-4-8-15-32-25(30)20-11-13-22(14-12-20)27-17-21(16-23(27)28)26(31)33-18(2)24(29)19-9-6-5-7-10-19/h5-7,9-14,18,21H,3-4,8,15-17H2,1-2H3/t18-,21+/m0/s1. The van der Waals surface area contributed by atoms with Crippen molar-refractivity contribution >= 4 is 29.3 Å². The van der Waals surface area contributed by atoms with Crippen molar-refractivity contribution in [2.24, 2.45) is 5.92 Å². The average Bonchev–Trinajstić information content (AvgIpc) is 3.23. The van der Waals surface area contributed by atoms with Crippen molar-refractivity contribution in [2.75, 3.05) is 18.1 Å². The zero-order chi connectivity index (χ0) is 23.8. The summed E-state index contributed by atoms with van der Waals surface area (Å²) in [5, 5.41) is 0. The lowest BCUT2D eigenvalue weighted by atomic mass is 10.1. The first-order valence-corrected chi connectivity index (χ1v) is 11.3. The molecule has 174 valence electrons. The predicted molar refractivity (Wildman–Crippen MR) is 123 cm³/mol. The molecule has 1 fully saturated rings. The number of Topliss-reactive ketones (excluding diaryl/α,β-unsaturated/α-hetero) is 1. The van der Waals surface area contributed by atoms with E-state index in [-0.39, 0.29) is 24.7 Å². The van der Waals surface area contributed by atoms with Crippen LogP contribution in [0.3, 0.4) is 0 Å². The molecule has 0 unspecified atom stereocenters. The summed E-state index contributed by atoms with van der Waals surface area (Å²) in [6.07, 6.45) is 1.95. The van der Waals surface area contributed by atoms with Crippen molar-refractivity contribution in [1.29, 1.82) is 0 Å². The van der Waals surface area contributed by atoms with Gasteiger partial charge in [0.1, 0.15) is 0 Å². The minimum atomic E-state index is -0.938. The van der Waals surface area contributed by atoms with E-state index in [2.05, 4.69) is 6.92 Å². The number of carbonyl (C=O) groups excluding carboxylic acids is 4. The van der Waals surface area contributed by atoms with E-state index in [0.717, 1.165) is 19.3 Å². The number of ether oxygens (including phenoxy) is 2. The molecule has 1 saturated heterocycles. The second kappa shape index (κ2) is 11.4. The lowest BCUT2D eigenvalue weighted by Crippen LogP contribution is -2.30. The zero-order valence-corrected chi connectivity index (χ0v) is 19.0. The summed E-state index contributed by atoms with van der Waals surface area (Å²) in [6.45, 7) is 4.15. The van der Waals surface area contributed by atoms with Crippen LogP contribution >= 0.6 is 0 Å². The highest BCUT2D eigenvalue weighted by atomic mass is 16.5. The third kappa shape index (κ3) is 6.28. The van der Waals surface area contributed by atoms with Gasteiger partial charge in [-0.1, -0.05) is 50.1 Å². The van der Waals surface area contributed by atoms with E-state index in [4.69, 9.17) is 9.47 Å². The van der Waals surface area contributed by atoms with E-state index in [1.165, 1.54) is 11.8 Å². The molecule has 1 heterocycles. The maximum Gasteiger partial charge on any atom is 0.338 e. The fourth-order valence-corrected chi connectivity index (χ4v) is 3.65. The Labute approximate surface area is 193 Å². The first-order valence-electron chi connectivity index (χ1n) is 11.3. The normalized spacial score (nSPS) is 16.4. The first kappa shape index (κ1) is 24.2. The Hall–Kier alpha value is -3.48. The highest BCUT2D eigenvalue weighted by Crippen LogP contribution is 2.27. The van der Waals surface area contributed by atoms with Gasteiger partial charge in [0.2, 0.25) is 11.7 Å². The first-order chi connectivity index (χ1) is 15.9. The van der Waals surface area contributed by atoms with Gasteiger partial charge in [0.15, 0.2) is 6.10 Å². The molecule has 33 heavy (non-hydrogen) atoms. The smallest absolute Gasteiger partial charge is 0.338 e. The molecular formula is C26H29NO6. The molecule has 2 aromatic carbocycles. The van der Waals surface area contributed by atoms with Crippen molar-refractivity contribution in [3.8, 4) is 0 Å². The maximum absolute atomic E-state index is 12.6. The fraction of sp³-hybridized carbons (Fsp3) is 0.385. The van der Waals surface area contributed by atoms with Gasteiger partial charge in [0, 0.05) is 24.2 Å². The topological polar surface area (TPSA) is 90.0 Å². The molecule has 0 radical (unpaired) electrons. The summed E-state index contributed by atoms with van der Waals surface area (Å²) in [7, 11) is 0. The molecular weight excluding hydrogens is 422 g/mol. The third-order valence-corrected chi connectivity index (χ3v) is 5.57. The van der Waals surface area contributed by atoms with Crippen LogP contribution in [0.4, 0.5) is 5.69 Å². The number of esters is 2. The predicted octanol–water partition coefficient (Wildman–Crippen LogP) is 4.20. The minimum absolute atomic E-state index is 0.00625. The van der Waals surface area contributed by atoms with Crippen LogP contribution in [-0.2, 0) is 19.1 Å². The molecule has 3 rings (SSSR count). The number of unbranched alkanes of at least 4 members (excludes halogenated alkanes) is 2. The van der Waals surface area contributed by atoms with E-state index >= 15 is 0 Å². The van der Waals surface area contributed by atoms with Crippen molar-refractivity contribution in [1.82, 2.24) is 0 Å². The van der Waals surface area contributed by atoms with E-state index in [1.54, 1.807) is 54.6 Å². The SMILES string of the molecule is CCCCCOC(=O)c1ccc(N2C[C@H](C(=O)O[C@@H](C)C(=O)c3ccccc3)CC2=O)cc1. The van der Waals surface area contributed by atoms with Crippen molar-refractivity contribution in [3.63, 3.8) is 0 Å². The van der Waals surface area contributed by atoms with Gasteiger partial charge in [-0.25, -0.2) is 4.79 Å². The van der Waals surface area contributed by atoms with Gasteiger partial charge < -0.3 is 14.4 Å². The summed E-state index contributed by atoms with van der Waals surface area (Å²) >= 11 is 0. The number of hydrogen-bond acceptors (Lipinski definition) is 6. The number of hydrogen-bond donors (Lipinski definition) is 0. The van der Waals surface area contributed by atoms with Gasteiger partial charge in [-0.15, -0.1) is 0 Å². The number of benzene rings is 2. The van der Waals surface area contributed by atoms with Crippen LogP contribution < -0.4 is 4.90 Å². The van der Waals surface area contributed by atoms with Crippen LogP contribution in [0.15, 0.2) is 54.6 Å². The lowest BCUT2D eigenvalue weighted by molar-refractivity contribution is -0.151. The highest BCUT2D eigenvalue weighted by Gasteiger charge is 2.37. The summed E-state index contributed by atoms with van der Waals surface area (Å²) in [6, 6.07) is 15.2. The molecule has 1 aliphatic heterocycles. The monoisotopic (exact) mass is 451 g/mol. The molecule has 0 N–H and O–H groups in total. The molecule has 1 aliphatic rings. The van der Waals surface area contributed by atoms with Crippen molar-refractivity contribution in [3.05, 3.63) is 65.7 Å². The number of carbonyl (C=O) groups is 4. The average molecular weight is 452 g/mol. The molecule has 0 aliphatic carbocycles. The van der Waals surface area contributed by atoms with Crippen LogP contribution in [-0.4, -0.2) is 42.9 Å². The number of anilines is 1. The maximum atomic E-state index is 12.6. The number of ketones is 1. The van der Waals surface area contributed by atoms with Crippen LogP contribution in [0.2, 0.25) is 0 Å². The highest BCUT2D eigenvalue weighted by molar-refractivity contribution is 6.02. The Morgan fingerprint density at radius 1 is 1.00 bits per heavy atom. The molecule has 7 nitrogen and oxygen atoms in total.